The minimum absolute atomic E-state index is 0.196. The maximum Gasteiger partial charge on any atom is 0.307 e. The van der Waals surface area contributed by atoms with E-state index in [4.69, 9.17) is 10.5 Å². The van der Waals surface area contributed by atoms with Gasteiger partial charge in [-0.05, 0) is 53.8 Å². The second-order valence-corrected chi connectivity index (χ2v) is 5.87. The number of alkyl halides is 2. The zero-order chi connectivity index (χ0) is 17.3. The average Bonchev–Trinajstić information content (AvgIpc) is 2.56. The number of nitrogens with zero attached hydrogens (tertiary/aromatic N) is 2. The van der Waals surface area contributed by atoms with Crippen LogP contribution < -0.4 is 5.73 Å². The Morgan fingerprint density at radius 3 is 2.71 bits per heavy atom. The van der Waals surface area contributed by atoms with E-state index in [2.05, 4.69) is 9.98 Å². The molecule has 2 N–H and O–H groups in total. The summed E-state index contributed by atoms with van der Waals surface area (Å²) in [7, 11) is 0. The second kappa shape index (κ2) is 6.19. The first kappa shape index (κ1) is 16.4. The molecule has 4 nitrogen and oxygen atoms in total. The van der Waals surface area contributed by atoms with Crippen LogP contribution >= 0.6 is 0 Å². The van der Waals surface area contributed by atoms with Crippen molar-refractivity contribution in [3.8, 4) is 11.1 Å². The molecule has 1 unspecified atom stereocenters. The van der Waals surface area contributed by atoms with E-state index in [0.717, 1.165) is 22.4 Å². The summed E-state index contributed by atoms with van der Waals surface area (Å²) in [5, 5.41) is 0. The van der Waals surface area contributed by atoms with Crippen molar-refractivity contribution in [2.75, 3.05) is 6.61 Å². The van der Waals surface area contributed by atoms with E-state index in [1.165, 1.54) is 0 Å². The molecule has 1 aliphatic heterocycles. The molecule has 24 heavy (non-hydrogen) atoms. The van der Waals surface area contributed by atoms with Crippen LogP contribution in [0.2, 0.25) is 0 Å². The van der Waals surface area contributed by atoms with E-state index < -0.39 is 18.6 Å². The number of pyridine rings is 1. The van der Waals surface area contributed by atoms with Crippen molar-refractivity contribution in [1.29, 1.82) is 0 Å². The molecule has 0 saturated carbocycles. The fourth-order valence-corrected chi connectivity index (χ4v) is 2.88. The molecule has 0 fully saturated rings. The Balaban J connectivity index is 2.12. The van der Waals surface area contributed by atoms with Crippen molar-refractivity contribution in [2.24, 2.45) is 10.7 Å². The fourth-order valence-electron chi connectivity index (χ4n) is 2.88. The molecule has 2 heterocycles. The molecule has 1 aliphatic rings. The molecule has 0 bridgehead atoms. The van der Waals surface area contributed by atoms with Gasteiger partial charge in [-0.25, -0.2) is 13.8 Å². The Morgan fingerprint density at radius 1 is 1.25 bits per heavy atom. The van der Waals surface area contributed by atoms with Crippen LogP contribution in [0.4, 0.5) is 8.78 Å². The van der Waals surface area contributed by atoms with Gasteiger partial charge in [-0.15, -0.1) is 0 Å². The van der Waals surface area contributed by atoms with Gasteiger partial charge in [0.25, 0.3) is 6.02 Å². The van der Waals surface area contributed by atoms with E-state index in [1.807, 2.05) is 38.1 Å². The molecular formula is C18H19F2N3O. The third-order valence-electron chi connectivity index (χ3n) is 4.12. The topological polar surface area (TPSA) is 60.5 Å². The summed E-state index contributed by atoms with van der Waals surface area (Å²) in [6, 6.07) is 7.83. The zero-order valence-electron chi connectivity index (χ0n) is 13.6. The number of ether oxygens (including phenoxy) is 1. The zero-order valence-corrected chi connectivity index (χ0v) is 13.6. The van der Waals surface area contributed by atoms with E-state index in [0.29, 0.717) is 12.0 Å². The van der Waals surface area contributed by atoms with Crippen LogP contribution in [0.1, 0.15) is 29.8 Å². The first-order valence-corrected chi connectivity index (χ1v) is 7.80. The van der Waals surface area contributed by atoms with Gasteiger partial charge in [0, 0.05) is 11.9 Å². The van der Waals surface area contributed by atoms with Crippen LogP contribution in [-0.4, -0.2) is 23.5 Å². The normalized spacial score (nSPS) is 19.5. The van der Waals surface area contributed by atoms with Gasteiger partial charge in [0.2, 0.25) is 0 Å². The molecule has 1 aromatic carbocycles. The van der Waals surface area contributed by atoms with Crippen molar-refractivity contribution in [3.05, 3.63) is 53.3 Å². The van der Waals surface area contributed by atoms with Crippen molar-refractivity contribution in [2.45, 2.75) is 32.2 Å². The summed E-state index contributed by atoms with van der Waals surface area (Å²) in [5.74, 6) is -3.10. The number of aromatic nitrogens is 1. The number of aliphatic imine (C=N–C) groups is 1. The Hall–Kier alpha value is -2.50. The monoisotopic (exact) mass is 331 g/mol. The van der Waals surface area contributed by atoms with Crippen molar-refractivity contribution < 1.29 is 13.5 Å². The summed E-state index contributed by atoms with van der Waals surface area (Å²) >= 11 is 0. The van der Waals surface area contributed by atoms with E-state index >= 15 is 0 Å². The second-order valence-electron chi connectivity index (χ2n) is 5.87. The summed E-state index contributed by atoms with van der Waals surface area (Å²) in [5.41, 5.74) is 9.49. The van der Waals surface area contributed by atoms with E-state index in [1.54, 1.807) is 12.3 Å². The summed E-state index contributed by atoms with van der Waals surface area (Å²) in [6.07, 6.45) is 2.34. The van der Waals surface area contributed by atoms with Gasteiger partial charge in [-0.2, -0.15) is 0 Å². The first-order valence-electron chi connectivity index (χ1n) is 7.80. The number of nitrogens with two attached hydrogens (primary N) is 1. The third-order valence-corrected chi connectivity index (χ3v) is 4.12. The summed E-state index contributed by atoms with van der Waals surface area (Å²) in [6.45, 7) is 3.07. The lowest BCUT2D eigenvalue weighted by atomic mass is 9.91. The average molecular weight is 331 g/mol. The SMILES string of the molecule is CCc1ccc(-c2ccnc(C)c2)cc1C1N=C(N)OCC1(F)F. The lowest BCUT2D eigenvalue weighted by Crippen LogP contribution is -2.40. The Kier molecular flexibility index (Phi) is 4.22. The maximum absolute atomic E-state index is 14.3. The molecule has 0 amide bonds. The minimum Gasteiger partial charge on any atom is -0.459 e. The predicted octanol–water partition coefficient (Wildman–Crippen LogP) is 3.64. The maximum atomic E-state index is 14.3. The van der Waals surface area contributed by atoms with Gasteiger partial charge in [0.05, 0.1) is 0 Å². The smallest absolute Gasteiger partial charge is 0.307 e. The quantitative estimate of drug-likeness (QED) is 0.934. The molecule has 0 saturated heterocycles. The van der Waals surface area contributed by atoms with Crippen LogP contribution in [-0.2, 0) is 11.2 Å². The number of benzene rings is 1. The molecular weight excluding hydrogens is 312 g/mol. The van der Waals surface area contributed by atoms with Crippen LogP contribution in [0.15, 0.2) is 41.5 Å². The lowest BCUT2D eigenvalue weighted by Gasteiger charge is -2.29. The van der Waals surface area contributed by atoms with E-state index in [-0.39, 0.29) is 6.02 Å². The molecule has 1 atom stereocenters. The van der Waals surface area contributed by atoms with Crippen LogP contribution in [0.25, 0.3) is 11.1 Å². The molecule has 0 spiro atoms. The number of amidine groups is 1. The number of hydrogen-bond acceptors (Lipinski definition) is 4. The number of rotatable bonds is 3. The molecule has 0 aliphatic carbocycles. The van der Waals surface area contributed by atoms with Gasteiger partial charge < -0.3 is 10.5 Å². The third kappa shape index (κ3) is 3.09. The minimum atomic E-state index is -3.10. The standard InChI is InChI=1S/C18H19F2N3O/c1-3-12-4-5-13(14-6-7-22-11(2)8-14)9-15(12)16-18(19,20)10-24-17(21)23-16/h4-9,16H,3,10H2,1-2H3,(H2,21,23). The number of halogens is 2. The fraction of sp³-hybridized carbons (Fsp3) is 0.333. The van der Waals surface area contributed by atoms with Gasteiger partial charge in [-0.1, -0.05) is 19.1 Å². The Bertz CT molecular complexity index is 790. The molecule has 0 radical (unpaired) electrons. The highest BCUT2D eigenvalue weighted by molar-refractivity contribution is 5.73. The summed E-state index contributed by atoms with van der Waals surface area (Å²) < 4.78 is 33.4. The Labute approximate surface area is 139 Å². The number of aryl methyl sites for hydroxylation is 2. The molecule has 6 heteroatoms. The number of hydrogen-bond donors (Lipinski definition) is 1. The van der Waals surface area contributed by atoms with Gasteiger partial charge in [0.1, 0.15) is 6.04 Å². The highest BCUT2D eigenvalue weighted by Crippen LogP contribution is 2.40. The van der Waals surface area contributed by atoms with Gasteiger partial charge in [0.15, 0.2) is 6.61 Å². The molecule has 126 valence electrons. The van der Waals surface area contributed by atoms with Crippen LogP contribution in [0.3, 0.4) is 0 Å². The van der Waals surface area contributed by atoms with Gasteiger partial charge in [-0.3, -0.25) is 4.98 Å². The predicted molar refractivity (Wildman–Crippen MR) is 89.1 cm³/mol. The van der Waals surface area contributed by atoms with Crippen molar-refractivity contribution in [1.82, 2.24) is 4.98 Å². The summed E-state index contributed by atoms with van der Waals surface area (Å²) in [4.78, 5) is 8.05. The first-order chi connectivity index (χ1) is 11.4. The Morgan fingerprint density at radius 2 is 2.00 bits per heavy atom. The van der Waals surface area contributed by atoms with Crippen LogP contribution in [0.5, 0.6) is 0 Å². The molecule has 3 rings (SSSR count). The largest absolute Gasteiger partial charge is 0.459 e. The molecule has 1 aromatic heterocycles. The van der Waals surface area contributed by atoms with Gasteiger partial charge >= 0.3 is 5.92 Å². The highest BCUT2D eigenvalue weighted by atomic mass is 19.3. The van der Waals surface area contributed by atoms with Crippen molar-refractivity contribution >= 4 is 6.02 Å². The highest BCUT2D eigenvalue weighted by Gasteiger charge is 2.45. The lowest BCUT2D eigenvalue weighted by molar-refractivity contribution is -0.0783. The molecule has 2 aromatic rings. The van der Waals surface area contributed by atoms with Crippen molar-refractivity contribution in [3.63, 3.8) is 0 Å². The van der Waals surface area contributed by atoms with E-state index in [9.17, 15) is 8.78 Å². The van der Waals surface area contributed by atoms with Crippen LogP contribution in [0, 0.1) is 6.92 Å².